The third kappa shape index (κ3) is 4.68. The summed E-state index contributed by atoms with van der Waals surface area (Å²) >= 11 is 0. The van der Waals surface area contributed by atoms with E-state index in [1.54, 1.807) is 30.3 Å². The fraction of sp³-hybridized carbons (Fsp3) is 0.393. The number of ketones is 1. The zero-order valence-electron chi connectivity index (χ0n) is 20.1. The van der Waals surface area contributed by atoms with Gasteiger partial charge in [-0.15, -0.1) is 0 Å². The smallest absolute Gasteiger partial charge is 0.330 e. The van der Waals surface area contributed by atoms with Crippen molar-refractivity contribution in [2.75, 3.05) is 6.54 Å². The van der Waals surface area contributed by atoms with Crippen molar-refractivity contribution < 1.29 is 27.6 Å². The molecule has 2 amide bonds. The minimum absolute atomic E-state index is 0.0186. The van der Waals surface area contributed by atoms with Crippen LogP contribution in [0.3, 0.4) is 0 Å². The van der Waals surface area contributed by atoms with Crippen LogP contribution in [-0.2, 0) is 16.0 Å². The van der Waals surface area contributed by atoms with E-state index in [1.807, 2.05) is 18.2 Å². The standard InChI is InChI=1S/C28H29F3N2O3/c1-19-23(24(34)21-13-7-3-8-14-21)27(28(29,30)31,32-25(35)22-15-9-4-10-16-22)26(36)33(19)18-17-20-11-5-2-6-12-20/h2-3,5-8,11-14,22H,4,9-10,15-18H2,1H3,(H,32,35)/t27-/m1/s1. The van der Waals surface area contributed by atoms with E-state index < -0.39 is 40.8 Å². The lowest BCUT2D eigenvalue weighted by molar-refractivity contribution is -0.194. The van der Waals surface area contributed by atoms with E-state index in [-0.39, 0.29) is 17.8 Å². The molecule has 190 valence electrons. The number of nitrogens with zero attached hydrogens (tertiary/aromatic N) is 1. The number of amides is 2. The van der Waals surface area contributed by atoms with Crippen molar-refractivity contribution in [3.8, 4) is 0 Å². The molecular weight excluding hydrogens is 469 g/mol. The van der Waals surface area contributed by atoms with Gasteiger partial charge in [-0.2, -0.15) is 13.2 Å². The molecule has 1 aliphatic carbocycles. The normalized spacial score (nSPS) is 21.1. The molecule has 5 nitrogen and oxygen atoms in total. The van der Waals surface area contributed by atoms with Crippen molar-refractivity contribution in [2.45, 2.75) is 57.2 Å². The highest BCUT2D eigenvalue weighted by molar-refractivity contribution is 6.19. The molecule has 0 bridgehead atoms. The van der Waals surface area contributed by atoms with E-state index in [9.17, 15) is 27.6 Å². The maximum absolute atomic E-state index is 15.0. The molecule has 0 spiro atoms. The molecule has 2 aromatic rings. The molecule has 1 atom stereocenters. The lowest BCUT2D eigenvalue weighted by atomic mass is 9.82. The average Bonchev–Trinajstić information content (AvgIpc) is 3.10. The summed E-state index contributed by atoms with van der Waals surface area (Å²) in [6.45, 7) is 1.29. The zero-order chi connectivity index (χ0) is 25.9. The van der Waals surface area contributed by atoms with Gasteiger partial charge in [0.25, 0.3) is 5.91 Å². The summed E-state index contributed by atoms with van der Waals surface area (Å²) < 4.78 is 44.9. The first-order valence-electron chi connectivity index (χ1n) is 12.2. The molecule has 36 heavy (non-hydrogen) atoms. The van der Waals surface area contributed by atoms with Crippen LogP contribution in [0.25, 0.3) is 0 Å². The van der Waals surface area contributed by atoms with Gasteiger partial charge in [0.05, 0.1) is 5.57 Å². The Labute approximate surface area is 208 Å². The Kier molecular flexibility index (Phi) is 7.33. The summed E-state index contributed by atoms with van der Waals surface area (Å²) in [7, 11) is 0. The van der Waals surface area contributed by atoms with Gasteiger partial charge in [-0.25, -0.2) is 0 Å². The van der Waals surface area contributed by atoms with E-state index in [4.69, 9.17) is 0 Å². The molecular formula is C28H29F3N2O3. The van der Waals surface area contributed by atoms with Crippen LogP contribution < -0.4 is 5.32 Å². The molecule has 1 heterocycles. The van der Waals surface area contributed by atoms with Gasteiger partial charge in [0.1, 0.15) is 0 Å². The molecule has 0 saturated heterocycles. The quantitative estimate of drug-likeness (QED) is 0.532. The number of halogens is 3. The largest absolute Gasteiger partial charge is 0.425 e. The number of allylic oxidation sites excluding steroid dienone is 1. The molecule has 0 unspecified atom stereocenters. The first-order chi connectivity index (χ1) is 17.2. The number of hydrogen-bond donors (Lipinski definition) is 1. The second-order valence-electron chi connectivity index (χ2n) is 9.42. The first-order valence-corrected chi connectivity index (χ1v) is 12.2. The van der Waals surface area contributed by atoms with Gasteiger partial charge in [0, 0.05) is 23.7 Å². The molecule has 2 aliphatic rings. The van der Waals surface area contributed by atoms with Crippen LogP contribution in [-0.4, -0.2) is 40.8 Å². The lowest BCUT2D eigenvalue weighted by Gasteiger charge is -2.35. The topological polar surface area (TPSA) is 66.5 Å². The van der Waals surface area contributed by atoms with E-state index in [2.05, 4.69) is 5.32 Å². The highest BCUT2D eigenvalue weighted by Gasteiger charge is 2.70. The molecule has 1 fully saturated rings. The monoisotopic (exact) mass is 498 g/mol. The second-order valence-corrected chi connectivity index (χ2v) is 9.42. The lowest BCUT2D eigenvalue weighted by Crippen LogP contribution is -2.67. The summed E-state index contributed by atoms with van der Waals surface area (Å²) in [6.07, 6.45) is -1.64. The highest BCUT2D eigenvalue weighted by atomic mass is 19.4. The summed E-state index contributed by atoms with van der Waals surface area (Å²) in [5.74, 6) is -3.73. The molecule has 2 aromatic carbocycles. The number of Topliss-reactive ketones (excluding diaryl/α,β-unsaturated/α-hetero) is 1. The molecule has 4 rings (SSSR count). The maximum Gasteiger partial charge on any atom is 0.425 e. The number of benzene rings is 2. The summed E-state index contributed by atoms with van der Waals surface area (Å²) in [4.78, 5) is 41.4. The third-order valence-corrected chi connectivity index (χ3v) is 7.15. The van der Waals surface area contributed by atoms with E-state index >= 15 is 0 Å². The van der Waals surface area contributed by atoms with Gasteiger partial charge >= 0.3 is 6.18 Å². The van der Waals surface area contributed by atoms with Gasteiger partial charge in [0.2, 0.25) is 11.4 Å². The highest BCUT2D eigenvalue weighted by Crippen LogP contribution is 2.46. The van der Waals surface area contributed by atoms with Crippen LogP contribution in [0.5, 0.6) is 0 Å². The predicted octanol–water partition coefficient (Wildman–Crippen LogP) is 5.23. The number of hydrogen-bond acceptors (Lipinski definition) is 3. The minimum atomic E-state index is -5.23. The van der Waals surface area contributed by atoms with Crippen molar-refractivity contribution in [3.05, 3.63) is 83.1 Å². The van der Waals surface area contributed by atoms with E-state index in [0.29, 0.717) is 19.3 Å². The molecule has 1 saturated carbocycles. The van der Waals surface area contributed by atoms with Crippen LogP contribution in [0.15, 0.2) is 71.9 Å². The summed E-state index contributed by atoms with van der Waals surface area (Å²) in [5, 5.41) is 2.08. The minimum Gasteiger partial charge on any atom is -0.330 e. The van der Waals surface area contributed by atoms with Gasteiger partial charge in [0.15, 0.2) is 5.78 Å². The van der Waals surface area contributed by atoms with Crippen LogP contribution in [0, 0.1) is 5.92 Å². The number of carbonyl (C=O) groups excluding carboxylic acids is 3. The van der Waals surface area contributed by atoms with Crippen molar-refractivity contribution in [3.63, 3.8) is 0 Å². The van der Waals surface area contributed by atoms with Crippen molar-refractivity contribution in [1.82, 2.24) is 10.2 Å². The average molecular weight is 499 g/mol. The van der Waals surface area contributed by atoms with Crippen LogP contribution >= 0.6 is 0 Å². The Balaban J connectivity index is 1.78. The van der Waals surface area contributed by atoms with Gasteiger partial charge in [-0.3, -0.25) is 14.4 Å². The van der Waals surface area contributed by atoms with Crippen molar-refractivity contribution >= 4 is 17.6 Å². The SMILES string of the molecule is CC1=C(C(=O)c2ccccc2)[C@](NC(=O)C2CCCCC2)(C(F)(F)F)C(=O)N1CCc1ccccc1. The Bertz CT molecular complexity index is 1160. The van der Waals surface area contributed by atoms with Crippen LogP contribution in [0.1, 0.15) is 54.9 Å². The first kappa shape index (κ1) is 25.7. The zero-order valence-corrected chi connectivity index (χ0v) is 20.1. The van der Waals surface area contributed by atoms with Gasteiger partial charge in [-0.05, 0) is 31.7 Å². The molecule has 8 heteroatoms. The van der Waals surface area contributed by atoms with Crippen molar-refractivity contribution in [1.29, 1.82) is 0 Å². The molecule has 1 N–H and O–H groups in total. The van der Waals surface area contributed by atoms with Gasteiger partial charge in [-0.1, -0.05) is 79.9 Å². The van der Waals surface area contributed by atoms with Crippen molar-refractivity contribution in [2.24, 2.45) is 5.92 Å². The fourth-order valence-electron chi connectivity index (χ4n) is 5.19. The fourth-order valence-corrected chi connectivity index (χ4v) is 5.19. The Morgan fingerprint density at radius 3 is 2.14 bits per heavy atom. The Morgan fingerprint density at radius 2 is 1.56 bits per heavy atom. The summed E-state index contributed by atoms with van der Waals surface area (Å²) in [6, 6.07) is 16.6. The maximum atomic E-state index is 15.0. The third-order valence-electron chi connectivity index (χ3n) is 7.15. The van der Waals surface area contributed by atoms with E-state index in [1.165, 1.54) is 19.1 Å². The number of alkyl halides is 3. The Hall–Kier alpha value is -3.42. The second kappa shape index (κ2) is 10.3. The van der Waals surface area contributed by atoms with Crippen LogP contribution in [0.4, 0.5) is 13.2 Å². The van der Waals surface area contributed by atoms with Crippen LogP contribution in [0.2, 0.25) is 0 Å². The predicted molar refractivity (Wildman–Crippen MR) is 129 cm³/mol. The number of carbonyl (C=O) groups is 3. The molecule has 1 aliphatic heterocycles. The summed E-state index contributed by atoms with van der Waals surface area (Å²) in [5.41, 5.74) is -3.40. The van der Waals surface area contributed by atoms with Gasteiger partial charge < -0.3 is 10.2 Å². The van der Waals surface area contributed by atoms with E-state index in [0.717, 1.165) is 29.7 Å². The molecule has 0 aromatic heterocycles. The Morgan fingerprint density at radius 1 is 0.972 bits per heavy atom. The molecule has 0 radical (unpaired) electrons. The number of nitrogens with one attached hydrogen (secondary N) is 1. The number of rotatable bonds is 7.